The number of ether oxygens (including phenoxy) is 4. The Morgan fingerprint density at radius 1 is 1.39 bits per heavy atom. The van der Waals surface area contributed by atoms with Crippen molar-refractivity contribution in [1.29, 1.82) is 0 Å². The normalized spacial score (nSPS) is 21.7. The number of esters is 1. The Hall–Kier alpha value is -0.600. The van der Waals surface area contributed by atoms with E-state index in [4.69, 9.17) is 18.9 Å². The SMILES string of the molecule is CCOC(=O)CCC1CC(OC(OC)OCC)c2ccsc2S1. The smallest absolute Gasteiger partial charge is 0.305 e. The molecule has 2 heterocycles. The monoisotopic (exact) mass is 360 g/mol. The largest absolute Gasteiger partial charge is 0.466 e. The van der Waals surface area contributed by atoms with Gasteiger partial charge in [0, 0.05) is 31.0 Å². The quantitative estimate of drug-likeness (QED) is 0.490. The van der Waals surface area contributed by atoms with Gasteiger partial charge in [-0.1, -0.05) is 0 Å². The lowest BCUT2D eigenvalue weighted by Crippen LogP contribution is -2.26. The van der Waals surface area contributed by atoms with Crippen LogP contribution in [0.15, 0.2) is 15.7 Å². The predicted octanol–water partition coefficient (Wildman–Crippen LogP) is 3.98. The molecule has 1 aliphatic rings. The number of carbonyl (C=O) groups is 1. The van der Waals surface area contributed by atoms with Crippen LogP contribution in [0.2, 0.25) is 0 Å². The Labute approximate surface area is 145 Å². The van der Waals surface area contributed by atoms with Gasteiger partial charge in [0.2, 0.25) is 0 Å². The second-order valence-corrected chi connectivity index (χ2v) is 7.57. The zero-order valence-electron chi connectivity index (χ0n) is 13.8. The van der Waals surface area contributed by atoms with Crippen molar-refractivity contribution in [2.75, 3.05) is 20.3 Å². The molecule has 0 bridgehead atoms. The molecule has 3 unspecified atom stereocenters. The molecule has 1 aromatic rings. The number of rotatable bonds is 9. The van der Waals surface area contributed by atoms with E-state index >= 15 is 0 Å². The van der Waals surface area contributed by atoms with Gasteiger partial charge in [0.25, 0.3) is 6.48 Å². The van der Waals surface area contributed by atoms with Crippen molar-refractivity contribution in [1.82, 2.24) is 0 Å². The highest BCUT2D eigenvalue weighted by Gasteiger charge is 2.31. The van der Waals surface area contributed by atoms with Gasteiger partial charge in [-0.2, -0.15) is 0 Å². The Morgan fingerprint density at radius 3 is 2.91 bits per heavy atom. The van der Waals surface area contributed by atoms with Gasteiger partial charge in [0.1, 0.15) is 0 Å². The topological polar surface area (TPSA) is 54.0 Å². The first-order chi connectivity index (χ1) is 11.2. The maximum Gasteiger partial charge on any atom is 0.305 e. The van der Waals surface area contributed by atoms with Crippen LogP contribution < -0.4 is 0 Å². The van der Waals surface area contributed by atoms with E-state index < -0.39 is 6.48 Å². The van der Waals surface area contributed by atoms with Crippen LogP contribution in [-0.4, -0.2) is 38.0 Å². The number of hydrogen-bond acceptors (Lipinski definition) is 7. The molecule has 23 heavy (non-hydrogen) atoms. The second kappa shape index (κ2) is 9.64. The summed E-state index contributed by atoms with van der Waals surface area (Å²) in [7, 11) is 1.57. The Morgan fingerprint density at radius 2 is 2.22 bits per heavy atom. The van der Waals surface area contributed by atoms with Crippen LogP contribution in [0.1, 0.15) is 44.8 Å². The number of thiophene rings is 1. The highest BCUT2D eigenvalue weighted by atomic mass is 32.2. The van der Waals surface area contributed by atoms with Crippen LogP contribution in [-0.2, 0) is 23.7 Å². The summed E-state index contributed by atoms with van der Waals surface area (Å²) in [5.41, 5.74) is 1.19. The van der Waals surface area contributed by atoms with Gasteiger partial charge in [-0.3, -0.25) is 4.79 Å². The van der Waals surface area contributed by atoms with Crippen LogP contribution in [0.5, 0.6) is 0 Å². The highest BCUT2D eigenvalue weighted by Crippen LogP contribution is 2.47. The van der Waals surface area contributed by atoms with Crippen molar-refractivity contribution in [3.63, 3.8) is 0 Å². The average molecular weight is 360 g/mol. The minimum absolute atomic E-state index is 0.0683. The fourth-order valence-electron chi connectivity index (χ4n) is 2.46. The zero-order valence-corrected chi connectivity index (χ0v) is 15.4. The first kappa shape index (κ1) is 18.7. The minimum Gasteiger partial charge on any atom is -0.466 e. The fourth-order valence-corrected chi connectivity index (χ4v) is 5.07. The van der Waals surface area contributed by atoms with Crippen LogP contribution in [0.25, 0.3) is 0 Å². The van der Waals surface area contributed by atoms with Crippen molar-refractivity contribution in [3.8, 4) is 0 Å². The molecule has 3 atom stereocenters. The third-order valence-corrected chi connectivity index (χ3v) is 6.01. The molecule has 5 nitrogen and oxygen atoms in total. The maximum absolute atomic E-state index is 11.6. The van der Waals surface area contributed by atoms with Crippen molar-refractivity contribution >= 4 is 29.1 Å². The van der Waals surface area contributed by atoms with E-state index in [2.05, 4.69) is 11.4 Å². The lowest BCUT2D eigenvalue weighted by Gasteiger charge is -2.31. The summed E-state index contributed by atoms with van der Waals surface area (Å²) in [6, 6.07) is 2.10. The maximum atomic E-state index is 11.6. The molecular weight excluding hydrogens is 336 g/mol. The Bertz CT molecular complexity index is 491. The molecule has 0 aliphatic carbocycles. The van der Waals surface area contributed by atoms with Gasteiger partial charge in [0.05, 0.1) is 16.9 Å². The van der Waals surface area contributed by atoms with Crippen molar-refractivity contribution in [2.45, 2.75) is 55.1 Å². The summed E-state index contributed by atoms with van der Waals surface area (Å²) in [5.74, 6) is -0.133. The molecule has 0 radical (unpaired) electrons. The van der Waals surface area contributed by atoms with E-state index in [1.54, 1.807) is 18.4 Å². The summed E-state index contributed by atoms with van der Waals surface area (Å²) in [5, 5.41) is 2.40. The molecule has 1 aromatic heterocycles. The molecule has 130 valence electrons. The summed E-state index contributed by atoms with van der Waals surface area (Å²) >= 11 is 3.54. The standard InChI is InChI=1S/C16H24O5S2/c1-4-19-14(17)7-6-11-10-13(21-16(18-3)20-5-2)12-8-9-22-15(12)23-11/h8-9,11,13,16H,4-7,10H2,1-3H3. The summed E-state index contributed by atoms with van der Waals surface area (Å²) < 4.78 is 22.9. The molecule has 0 fully saturated rings. The molecule has 0 saturated carbocycles. The molecule has 7 heteroatoms. The van der Waals surface area contributed by atoms with Crippen LogP contribution >= 0.6 is 23.1 Å². The van der Waals surface area contributed by atoms with Gasteiger partial charge in [-0.05, 0) is 38.1 Å². The molecule has 1 aliphatic heterocycles. The molecule has 0 spiro atoms. The average Bonchev–Trinajstić information content (AvgIpc) is 3.01. The van der Waals surface area contributed by atoms with Gasteiger partial charge < -0.3 is 18.9 Å². The Balaban J connectivity index is 1.97. The van der Waals surface area contributed by atoms with Gasteiger partial charge in [-0.15, -0.1) is 23.1 Å². The summed E-state index contributed by atoms with van der Waals surface area (Å²) in [6.07, 6.45) is 1.99. The fraction of sp³-hybridized carbons (Fsp3) is 0.688. The summed E-state index contributed by atoms with van der Waals surface area (Å²) in [6.45, 7) is 4.04. The number of hydrogen-bond donors (Lipinski definition) is 0. The van der Waals surface area contributed by atoms with Gasteiger partial charge >= 0.3 is 5.97 Å². The minimum atomic E-state index is -0.661. The van der Waals surface area contributed by atoms with E-state index in [1.807, 2.05) is 25.6 Å². The molecule has 0 aromatic carbocycles. The van der Waals surface area contributed by atoms with Crippen molar-refractivity contribution in [2.24, 2.45) is 0 Å². The van der Waals surface area contributed by atoms with Crippen molar-refractivity contribution in [3.05, 3.63) is 17.0 Å². The van der Waals surface area contributed by atoms with E-state index in [0.717, 1.165) is 12.8 Å². The first-order valence-electron chi connectivity index (χ1n) is 7.87. The highest BCUT2D eigenvalue weighted by molar-refractivity contribution is 8.01. The molecule has 0 saturated heterocycles. The van der Waals surface area contributed by atoms with Crippen molar-refractivity contribution < 1.29 is 23.7 Å². The van der Waals surface area contributed by atoms with Crippen LogP contribution in [0, 0.1) is 0 Å². The Kier molecular flexibility index (Phi) is 7.85. The second-order valence-electron chi connectivity index (χ2n) is 5.09. The first-order valence-corrected chi connectivity index (χ1v) is 9.63. The lowest BCUT2D eigenvalue weighted by atomic mass is 10.0. The molecular formula is C16H24O5S2. The molecule has 0 N–H and O–H groups in total. The van der Waals surface area contributed by atoms with E-state index in [-0.39, 0.29) is 12.1 Å². The third-order valence-electron chi connectivity index (χ3n) is 3.50. The van der Waals surface area contributed by atoms with Crippen LogP contribution in [0.3, 0.4) is 0 Å². The van der Waals surface area contributed by atoms with Gasteiger partial charge in [-0.25, -0.2) is 0 Å². The number of carbonyl (C=O) groups excluding carboxylic acids is 1. The lowest BCUT2D eigenvalue weighted by molar-refractivity contribution is -0.295. The molecule has 0 amide bonds. The van der Waals surface area contributed by atoms with Gasteiger partial charge in [0.15, 0.2) is 0 Å². The van der Waals surface area contributed by atoms with E-state index in [1.165, 1.54) is 9.77 Å². The predicted molar refractivity (Wildman–Crippen MR) is 90.7 cm³/mol. The van der Waals surface area contributed by atoms with E-state index in [0.29, 0.717) is 24.9 Å². The summed E-state index contributed by atoms with van der Waals surface area (Å²) in [4.78, 5) is 11.6. The molecule has 2 rings (SSSR count). The van der Waals surface area contributed by atoms with Crippen LogP contribution in [0.4, 0.5) is 0 Å². The number of fused-ring (bicyclic) bond motifs is 1. The number of methoxy groups -OCH3 is 1. The van der Waals surface area contributed by atoms with E-state index in [9.17, 15) is 4.79 Å². The number of thioether (sulfide) groups is 1. The third kappa shape index (κ3) is 5.46. The zero-order chi connectivity index (χ0) is 16.7.